The molecule has 118 valence electrons. The maximum absolute atomic E-state index is 12.3. The summed E-state index contributed by atoms with van der Waals surface area (Å²) in [6, 6.07) is 3.05. The van der Waals surface area contributed by atoms with Crippen molar-refractivity contribution < 1.29 is 18.3 Å². The summed E-state index contributed by atoms with van der Waals surface area (Å²) in [6.07, 6.45) is 5.48. The van der Waals surface area contributed by atoms with Crippen molar-refractivity contribution in [3.05, 3.63) is 17.0 Å². The molecule has 5 nitrogen and oxygen atoms in total. The summed E-state index contributed by atoms with van der Waals surface area (Å²) in [4.78, 5) is 11.2. The topological polar surface area (TPSA) is 83.5 Å². The molecule has 1 saturated carbocycles. The lowest BCUT2D eigenvalue weighted by Gasteiger charge is -2.33. The summed E-state index contributed by atoms with van der Waals surface area (Å²) in [5, 5.41) is 8.73. The van der Waals surface area contributed by atoms with Crippen molar-refractivity contribution in [3.63, 3.8) is 0 Å². The minimum absolute atomic E-state index is 0.0342. The number of carboxylic acids is 1. The van der Waals surface area contributed by atoms with Gasteiger partial charge in [0, 0.05) is 11.4 Å². The number of carbonyl (C=O) groups is 1. The maximum Gasteiger partial charge on any atom is 0.308 e. The van der Waals surface area contributed by atoms with Gasteiger partial charge >= 0.3 is 5.97 Å². The van der Waals surface area contributed by atoms with Gasteiger partial charge in [-0.15, -0.1) is 11.3 Å². The molecule has 1 aromatic rings. The molecule has 1 aromatic heterocycles. The van der Waals surface area contributed by atoms with Crippen molar-refractivity contribution in [2.24, 2.45) is 5.41 Å². The highest BCUT2D eigenvalue weighted by atomic mass is 32.2. The van der Waals surface area contributed by atoms with Crippen LogP contribution >= 0.6 is 11.3 Å². The van der Waals surface area contributed by atoms with Crippen LogP contribution in [0.3, 0.4) is 0 Å². The molecule has 1 heterocycles. The first-order chi connectivity index (χ1) is 9.81. The van der Waals surface area contributed by atoms with Gasteiger partial charge in [-0.3, -0.25) is 4.79 Å². The van der Waals surface area contributed by atoms with Crippen LogP contribution in [0.15, 0.2) is 16.3 Å². The number of hydrogen-bond donors (Lipinski definition) is 2. The SMILES string of the molecule is CC1(CNS(=O)(=O)c2ccc(CC(=O)O)s2)CCCCC1. The van der Waals surface area contributed by atoms with Gasteiger partial charge in [-0.25, -0.2) is 13.1 Å². The predicted molar refractivity (Wildman–Crippen MR) is 82.0 cm³/mol. The number of thiophene rings is 1. The highest BCUT2D eigenvalue weighted by Gasteiger charge is 2.29. The maximum atomic E-state index is 12.3. The Bertz CT molecular complexity index is 600. The van der Waals surface area contributed by atoms with Crippen LogP contribution in [0.5, 0.6) is 0 Å². The van der Waals surface area contributed by atoms with Gasteiger partial charge in [0.15, 0.2) is 0 Å². The molecular weight excluding hydrogens is 310 g/mol. The van der Waals surface area contributed by atoms with Gasteiger partial charge in [0.25, 0.3) is 0 Å². The molecule has 1 aliphatic rings. The van der Waals surface area contributed by atoms with E-state index < -0.39 is 16.0 Å². The van der Waals surface area contributed by atoms with Gasteiger partial charge in [0.05, 0.1) is 6.42 Å². The zero-order valence-corrected chi connectivity index (χ0v) is 13.7. The van der Waals surface area contributed by atoms with Crippen LogP contribution in [0.25, 0.3) is 0 Å². The summed E-state index contributed by atoms with van der Waals surface area (Å²) in [5.74, 6) is -0.955. The number of carboxylic acid groups (broad SMARTS) is 1. The summed E-state index contributed by atoms with van der Waals surface area (Å²) in [5.41, 5.74) is 0.0342. The Labute approximate surface area is 129 Å². The van der Waals surface area contributed by atoms with Crippen molar-refractivity contribution in [1.82, 2.24) is 4.72 Å². The van der Waals surface area contributed by atoms with Gasteiger partial charge < -0.3 is 5.11 Å². The Kier molecular flexibility index (Phi) is 5.06. The van der Waals surface area contributed by atoms with Crippen LogP contribution in [0.2, 0.25) is 0 Å². The average molecular weight is 331 g/mol. The van der Waals surface area contributed by atoms with Crippen molar-refractivity contribution in [1.29, 1.82) is 0 Å². The highest BCUT2D eigenvalue weighted by molar-refractivity contribution is 7.91. The zero-order chi connectivity index (χ0) is 15.5. The molecule has 0 saturated heterocycles. The minimum atomic E-state index is -3.54. The lowest BCUT2D eigenvalue weighted by molar-refractivity contribution is -0.136. The largest absolute Gasteiger partial charge is 0.481 e. The smallest absolute Gasteiger partial charge is 0.308 e. The van der Waals surface area contributed by atoms with E-state index in [2.05, 4.69) is 11.6 Å². The second-order valence-electron chi connectivity index (χ2n) is 5.99. The van der Waals surface area contributed by atoms with Crippen molar-refractivity contribution in [2.75, 3.05) is 6.54 Å². The molecule has 1 aliphatic carbocycles. The van der Waals surface area contributed by atoms with Gasteiger partial charge in [-0.2, -0.15) is 0 Å². The summed E-state index contributed by atoms with van der Waals surface area (Å²) >= 11 is 1.02. The van der Waals surface area contributed by atoms with E-state index in [-0.39, 0.29) is 16.0 Å². The van der Waals surface area contributed by atoms with Gasteiger partial charge in [-0.05, 0) is 30.4 Å². The van der Waals surface area contributed by atoms with Crippen molar-refractivity contribution in [3.8, 4) is 0 Å². The minimum Gasteiger partial charge on any atom is -0.481 e. The standard InChI is InChI=1S/C14H21NO4S2/c1-14(7-3-2-4-8-14)10-15-21(18,19)13-6-5-11(20-13)9-12(16)17/h5-6,15H,2-4,7-10H2,1H3,(H,16,17). The third-order valence-electron chi connectivity index (χ3n) is 3.98. The Morgan fingerprint density at radius 3 is 2.62 bits per heavy atom. The van der Waals surface area contributed by atoms with Crippen LogP contribution in [0.1, 0.15) is 43.9 Å². The molecule has 0 amide bonds. The molecular formula is C14H21NO4S2. The predicted octanol–water partition coefficient (Wildman–Crippen LogP) is 2.62. The lowest BCUT2D eigenvalue weighted by atomic mass is 9.76. The molecule has 2 rings (SSSR count). The Balaban J connectivity index is 2.01. The molecule has 0 aliphatic heterocycles. The number of rotatable bonds is 6. The monoisotopic (exact) mass is 331 g/mol. The Morgan fingerprint density at radius 2 is 2.00 bits per heavy atom. The molecule has 21 heavy (non-hydrogen) atoms. The third kappa shape index (κ3) is 4.52. The van der Waals surface area contributed by atoms with Crippen LogP contribution in [-0.2, 0) is 21.2 Å². The van der Waals surface area contributed by atoms with E-state index in [1.807, 2.05) is 0 Å². The number of hydrogen-bond acceptors (Lipinski definition) is 4. The van der Waals surface area contributed by atoms with Crippen LogP contribution in [0, 0.1) is 5.41 Å². The fourth-order valence-electron chi connectivity index (χ4n) is 2.67. The average Bonchev–Trinajstić information content (AvgIpc) is 2.86. The molecule has 0 bridgehead atoms. The molecule has 2 N–H and O–H groups in total. The lowest BCUT2D eigenvalue weighted by Crippen LogP contribution is -2.36. The molecule has 7 heteroatoms. The van der Waals surface area contributed by atoms with Crippen molar-refractivity contribution in [2.45, 2.75) is 49.7 Å². The molecule has 0 unspecified atom stereocenters. The van der Waals surface area contributed by atoms with E-state index >= 15 is 0 Å². The molecule has 0 spiro atoms. The van der Waals surface area contributed by atoms with Gasteiger partial charge in [0.1, 0.15) is 4.21 Å². The van der Waals surface area contributed by atoms with E-state index in [0.29, 0.717) is 11.4 Å². The fourth-order valence-corrected chi connectivity index (χ4v) is 5.26. The highest BCUT2D eigenvalue weighted by Crippen LogP contribution is 2.35. The van der Waals surface area contributed by atoms with E-state index in [1.165, 1.54) is 12.5 Å². The summed E-state index contributed by atoms with van der Waals surface area (Å²) in [7, 11) is -3.54. The third-order valence-corrected chi connectivity index (χ3v) is 6.96. The number of sulfonamides is 1. The zero-order valence-electron chi connectivity index (χ0n) is 12.1. The normalized spacial score (nSPS) is 18.5. The van der Waals surface area contributed by atoms with Crippen LogP contribution in [0.4, 0.5) is 0 Å². The molecule has 0 radical (unpaired) electrons. The fraction of sp³-hybridized carbons (Fsp3) is 0.643. The van der Waals surface area contributed by atoms with Crippen LogP contribution in [-0.4, -0.2) is 26.0 Å². The first-order valence-corrected chi connectivity index (χ1v) is 9.41. The number of nitrogens with one attached hydrogen (secondary N) is 1. The second kappa shape index (κ2) is 6.46. The quantitative estimate of drug-likeness (QED) is 0.839. The summed E-state index contributed by atoms with van der Waals surface area (Å²) < 4.78 is 27.4. The van der Waals surface area contributed by atoms with Crippen molar-refractivity contribution >= 4 is 27.3 Å². The first kappa shape index (κ1) is 16.5. The van der Waals surface area contributed by atoms with Crippen LogP contribution < -0.4 is 4.72 Å². The molecule has 0 atom stereocenters. The molecule has 1 fully saturated rings. The first-order valence-electron chi connectivity index (χ1n) is 7.11. The summed E-state index contributed by atoms with van der Waals surface area (Å²) in [6.45, 7) is 2.57. The van der Waals surface area contributed by atoms with Gasteiger partial charge in [-0.1, -0.05) is 26.2 Å². The van der Waals surface area contributed by atoms with E-state index in [0.717, 1.165) is 37.0 Å². The van der Waals surface area contributed by atoms with E-state index in [1.54, 1.807) is 6.07 Å². The molecule has 0 aromatic carbocycles. The second-order valence-corrected chi connectivity index (χ2v) is 9.15. The number of aliphatic carboxylic acids is 1. The Hall–Kier alpha value is -0.920. The van der Waals surface area contributed by atoms with Gasteiger partial charge in [0.2, 0.25) is 10.0 Å². The van der Waals surface area contributed by atoms with E-state index in [4.69, 9.17) is 5.11 Å². The van der Waals surface area contributed by atoms with E-state index in [9.17, 15) is 13.2 Å². The Morgan fingerprint density at radius 1 is 1.33 bits per heavy atom.